The first-order valence-electron chi connectivity index (χ1n) is 4.99. The number of allylic oxidation sites excluding steroid dienone is 3. The van der Waals surface area contributed by atoms with E-state index in [-0.39, 0.29) is 22.0 Å². The number of hydrogen-bond acceptors (Lipinski definition) is 5. The molecule has 2 aliphatic rings. The van der Waals surface area contributed by atoms with Crippen LogP contribution in [0.3, 0.4) is 0 Å². The molecule has 0 saturated carbocycles. The second-order valence-electron chi connectivity index (χ2n) is 3.49. The number of fused-ring (bicyclic) bond motifs is 1. The van der Waals surface area contributed by atoms with Crippen molar-refractivity contribution in [2.45, 2.75) is 6.92 Å². The smallest absolute Gasteiger partial charge is 0.281 e. The summed E-state index contributed by atoms with van der Waals surface area (Å²) in [7, 11) is 0. The Balaban J connectivity index is 2.50. The van der Waals surface area contributed by atoms with E-state index in [0.717, 1.165) is 0 Å². The van der Waals surface area contributed by atoms with Gasteiger partial charge in [-0.2, -0.15) is 5.06 Å². The van der Waals surface area contributed by atoms with Gasteiger partial charge in [0.25, 0.3) is 11.8 Å². The topological polar surface area (TPSA) is 83.9 Å². The maximum Gasteiger partial charge on any atom is 0.281 e. The summed E-state index contributed by atoms with van der Waals surface area (Å²) in [5.41, 5.74) is -0.00134. The highest BCUT2D eigenvalue weighted by molar-refractivity contribution is 6.16. The summed E-state index contributed by atoms with van der Waals surface area (Å²) in [5.74, 6) is -0.972. The Bertz CT molecular complexity index is 510. The Morgan fingerprint density at radius 3 is 2.76 bits per heavy atom. The number of carbonyl (C=O) groups is 2. The lowest BCUT2D eigenvalue weighted by Gasteiger charge is -2.16. The Kier molecular flexibility index (Phi) is 2.67. The monoisotopic (exact) mass is 235 g/mol. The summed E-state index contributed by atoms with van der Waals surface area (Å²) in [6.07, 6.45) is 2.78. The standard InChI is InChI=1S/C11H9NO5/c1-2-17-8-4-3-6-9(7(8)5-13)11(15)12(16)10(6)14/h3-4,9,16H,2H2,1H3. The van der Waals surface area contributed by atoms with Gasteiger partial charge in [0.05, 0.1) is 12.2 Å². The van der Waals surface area contributed by atoms with Gasteiger partial charge in [0.15, 0.2) is 0 Å². The Labute approximate surface area is 96.4 Å². The van der Waals surface area contributed by atoms with Crippen molar-refractivity contribution < 1.29 is 24.3 Å². The second kappa shape index (κ2) is 4.01. The van der Waals surface area contributed by atoms with Crippen molar-refractivity contribution in [1.82, 2.24) is 5.06 Å². The van der Waals surface area contributed by atoms with Crippen LogP contribution >= 0.6 is 0 Å². The highest BCUT2D eigenvalue weighted by Gasteiger charge is 2.48. The molecule has 1 aliphatic carbocycles. The molecule has 2 rings (SSSR count). The van der Waals surface area contributed by atoms with Crippen LogP contribution in [0.2, 0.25) is 0 Å². The zero-order chi connectivity index (χ0) is 12.6. The lowest BCUT2D eigenvalue weighted by atomic mass is 9.88. The number of imide groups is 1. The van der Waals surface area contributed by atoms with Gasteiger partial charge in [0.2, 0.25) is 0 Å². The third-order valence-electron chi connectivity index (χ3n) is 2.58. The molecule has 1 heterocycles. The number of nitrogens with zero attached hydrogens (tertiary/aromatic N) is 1. The highest BCUT2D eigenvalue weighted by Crippen LogP contribution is 2.36. The van der Waals surface area contributed by atoms with Gasteiger partial charge in [-0.15, -0.1) is 0 Å². The fourth-order valence-corrected chi connectivity index (χ4v) is 1.84. The molecule has 6 nitrogen and oxygen atoms in total. The van der Waals surface area contributed by atoms with Crippen LogP contribution < -0.4 is 0 Å². The van der Waals surface area contributed by atoms with E-state index in [1.54, 1.807) is 12.9 Å². The van der Waals surface area contributed by atoms with Gasteiger partial charge in [-0.25, -0.2) is 4.79 Å². The predicted octanol–water partition coefficient (Wildman–Crippen LogP) is -0.0210. The van der Waals surface area contributed by atoms with E-state index < -0.39 is 17.7 Å². The van der Waals surface area contributed by atoms with Crippen molar-refractivity contribution in [3.05, 3.63) is 29.1 Å². The summed E-state index contributed by atoms with van der Waals surface area (Å²) in [4.78, 5) is 33.9. The minimum Gasteiger partial charge on any atom is -0.493 e. The molecule has 2 amide bonds. The van der Waals surface area contributed by atoms with Crippen molar-refractivity contribution in [3.63, 3.8) is 0 Å². The maximum atomic E-state index is 11.6. The first-order chi connectivity index (χ1) is 8.11. The van der Waals surface area contributed by atoms with Gasteiger partial charge in [-0.3, -0.25) is 14.8 Å². The van der Waals surface area contributed by atoms with E-state index in [0.29, 0.717) is 6.61 Å². The Morgan fingerprint density at radius 2 is 2.18 bits per heavy atom. The van der Waals surface area contributed by atoms with Crippen molar-refractivity contribution in [3.8, 4) is 0 Å². The summed E-state index contributed by atoms with van der Waals surface area (Å²) >= 11 is 0. The average molecular weight is 235 g/mol. The minimum absolute atomic E-state index is 0.0105. The van der Waals surface area contributed by atoms with Gasteiger partial charge in [-0.1, -0.05) is 0 Å². The Morgan fingerprint density at radius 1 is 1.47 bits per heavy atom. The number of hydrogen-bond donors (Lipinski definition) is 1. The third kappa shape index (κ3) is 1.51. The average Bonchev–Trinajstić information content (AvgIpc) is 2.55. The van der Waals surface area contributed by atoms with Gasteiger partial charge < -0.3 is 4.74 Å². The highest BCUT2D eigenvalue weighted by atomic mass is 16.5. The first-order valence-corrected chi connectivity index (χ1v) is 4.99. The van der Waals surface area contributed by atoms with Crippen molar-refractivity contribution in [2.75, 3.05) is 6.61 Å². The lowest BCUT2D eigenvalue weighted by Crippen LogP contribution is -2.27. The second-order valence-corrected chi connectivity index (χ2v) is 3.49. The molecule has 0 radical (unpaired) electrons. The number of carbonyl (C=O) groups excluding carboxylic acids is 3. The molecule has 1 N–H and O–H groups in total. The maximum absolute atomic E-state index is 11.6. The van der Waals surface area contributed by atoms with E-state index in [1.165, 1.54) is 12.2 Å². The van der Waals surface area contributed by atoms with Crippen LogP contribution in [0, 0.1) is 5.92 Å². The minimum atomic E-state index is -1.10. The van der Waals surface area contributed by atoms with Crippen molar-refractivity contribution >= 4 is 17.8 Å². The molecule has 1 atom stereocenters. The number of hydroxylamine groups is 2. The van der Waals surface area contributed by atoms with Gasteiger partial charge in [0, 0.05) is 5.57 Å². The lowest BCUT2D eigenvalue weighted by molar-refractivity contribution is -0.171. The third-order valence-corrected chi connectivity index (χ3v) is 2.58. The fraction of sp³-hybridized carbons (Fsp3) is 0.273. The number of rotatable bonds is 2. The van der Waals surface area contributed by atoms with Crippen LogP contribution in [-0.2, 0) is 19.1 Å². The van der Waals surface area contributed by atoms with E-state index in [1.807, 2.05) is 0 Å². The normalized spacial score (nSPS) is 23.1. The summed E-state index contributed by atoms with van der Waals surface area (Å²) < 4.78 is 5.17. The predicted molar refractivity (Wildman–Crippen MR) is 54.1 cm³/mol. The quantitative estimate of drug-likeness (QED) is 0.413. The zero-order valence-corrected chi connectivity index (χ0v) is 8.97. The summed E-state index contributed by atoms with van der Waals surface area (Å²) in [6.45, 7) is 2.04. The van der Waals surface area contributed by atoms with E-state index in [9.17, 15) is 19.6 Å². The summed E-state index contributed by atoms with van der Waals surface area (Å²) in [6, 6.07) is 0. The van der Waals surface area contributed by atoms with E-state index in [4.69, 9.17) is 4.74 Å². The SMILES string of the molecule is CCOC1=CC=C2C(=O)N(O)C(=O)C2C1=C=O. The van der Waals surface area contributed by atoms with Gasteiger partial charge in [0.1, 0.15) is 17.6 Å². The molecule has 0 aromatic rings. The Hall–Kier alpha value is -2.17. The molecule has 1 aliphatic heterocycles. The van der Waals surface area contributed by atoms with Crippen LogP contribution in [0.25, 0.3) is 0 Å². The molecule has 1 saturated heterocycles. The molecule has 1 fully saturated rings. The van der Waals surface area contributed by atoms with Crippen LogP contribution in [-0.4, -0.2) is 34.6 Å². The molecule has 6 heteroatoms. The molecule has 17 heavy (non-hydrogen) atoms. The molecule has 0 aromatic heterocycles. The molecular weight excluding hydrogens is 226 g/mol. The van der Waals surface area contributed by atoms with Gasteiger partial charge in [-0.05, 0) is 19.1 Å². The van der Waals surface area contributed by atoms with E-state index in [2.05, 4.69) is 0 Å². The number of ether oxygens (including phenoxy) is 1. The molecule has 0 bridgehead atoms. The largest absolute Gasteiger partial charge is 0.493 e. The number of amides is 2. The first kappa shape index (κ1) is 11.3. The molecule has 0 spiro atoms. The van der Waals surface area contributed by atoms with Crippen LogP contribution in [0.5, 0.6) is 0 Å². The van der Waals surface area contributed by atoms with Crippen molar-refractivity contribution in [1.29, 1.82) is 0 Å². The van der Waals surface area contributed by atoms with Gasteiger partial charge >= 0.3 is 0 Å². The van der Waals surface area contributed by atoms with E-state index >= 15 is 0 Å². The van der Waals surface area contributed by atoms with Crippen LogP contribution in [0.4, 0.5) is 0 Å². The molecular formula is C11H9NO5. The fourth-order valence-electron chi connectivity index (χ4n) is 1.84. The molecule has 88 valence electrons. The zero-order valence-electron chi connectivity index (χ0n) is 8.97. The molecule has 1 unspecified atom stereocenters. The van der Waals surface area contributed by atoms with Crippen LogP contribution in [0.15, 0.2) is 29.1 Å². The summed E-state index contributed by atoms with van der Waals surface area (Å²) in [5, 5.41) is 9.22. The van der Waals surface area contributed by atoms with Crippen LogP contribution in [0.1, 0.15) is 6.92 Å². The van der Waals surface area contributed by atoms with Crippen molar-refractivity contribution in [2.24, 2.45) is 5.92 Å². The molecule has 0 aromatic carbocycles.